The smallest absolute Gasteiger partial charge is 0.260 e. The molecule has 2 amide bonds. The van der Waals surface area contributed by atoms with Crippen molar-refractivity contribution >= 4 is 24.2 Å². The molecule has 0 aromatic heterocycles. The summed E-state index contributed by atoms with van der Waals surface area (Å²) in [5.41, 5.74) is 6.57. The topological polar surface area (TPSA) is 84.7 Å². The van der Waals surface area contributed by atoms with Gasteiger partial charge in [-0.3, -0.25) is 9.59 Å². The van der Waals surface area contributed by atoms with Crippen molar-refractivity contribution in [2.45, 2.75) is 64.1 Å². The number of rotatable bonds is 7. The van der Waals surface area contributed by atoms with Crippen LogP contribution in [0.4, 0.5) is 0 Å². The number of nitrogens with two attached hydrogens (primary N) is 1. The summed E-state index contributed by atoms with van der Waals surface area (Å²) < 4.78 is 5.65. The first kappa shape index (κ1) is 22.5. The maximum Gasteiger partial charge on any atom is 0.260 e. The van der Waals surface area contributed by atoms with Gasteiger partial charge in [-0.05, 0) is 76.1 Å². The molecule has 1 saturated carbocycles. The highest BCUT2D eigenvalue weighted by Gasteiger charge is 2.29. The number of nitrogens with zero attached hydrogens (tertiary/aromatic N) is 1. The van der Waals surface area contributed by atoms with Crippen molar-refractivity contribution in [1.29, 1.82) is 0 Å². The van der Waals surface area contributed by atoms with Crippen LogP contribution in [-0.2, 0) is 4.79 Å². The minimum absolute atomic E-state index is 0. The molecule has 1 heterocycles. The largest absolute Gasteiger partial charge is 0.484 e. The van der Waals surface area contributed by atoms with Crippen molar-refractivity contribution in [2.24, 2.45) is 11.7 Å². The van der Waals surface area contributed by atoms with Gasteiger partial charge in [0.1, 0.15) is 5.75 Å². The summed E-state index contributed by atoms with van der Waals surface area (Å²) in [6.45, 7) is 4.71. The second kappa shape index (κ2) is 10.1. The van der Waals surface area contributed by atoms with E-state index in [9.17, 15) is 9.59 Å². The molecule has 0 spiro atoms. The van der Waals surface area contributed by atoms with E-state index in [-0.39, 0.29) is 49.0 Å². The van der Waals surface area contributed by atoms with Crippen LogP contribution in [0.5, 0.6) is 5.75 Å². The normalized spacial score (nSPS) is 22.8. The fourth-order valence-electron chi connectivity index (χ4n) is 3.84. The van der Waals surface area contributed by atoms with Crippen molar-refractivity contribution in [3.63, 3.8) is 0 Å². The highest BCUT2D eigenvalue weighted by molar-refractivity contribution is 5.94. The van der Waals surface area contributed by atoms with Crippen molar-refractivity contribution in [1.82, 2.24) is 10.2 Å². The molecule has 1 saturated heterocycles. The SMILES string of the molecule is CC1CCCC(C)N1C(=O)COc1ccc(C(=O)NCC(N)C2CC2)cc1.Cl. The fraction of sp³-hybridized carbons (Fsp3) is 0.619. The predicted octanol–water partition coefficient (Wildman–Crippen LogP) is 2.74. The first-order valence-electron chi connectivity index (χ1n) is 10.0. The molecule has 3 N–H and O–H groups in total. The average molecular weight is 410 g/mol. The lowest BCUT2D eigenvalue weighted by Gasteiger charge is -2.38. The van der Waals surface area contributed by atoms with Gasteiger partial charge >= 0.3 is 0 Å². The zero-order chi connectivity index (χ0) is 19.4. The van der Waals surface area contributed by atoms with E-state index in [2.05, 4.69) is 19.2 Å². The molecule has 28 heavy (non-hydrogen) atoms. The highest BCUT2D eigenvalue weighted by atomic mass is 35.5. The first-order valence-corrected chi connectivity index (χ1v) is 10.0. The Morgan fingerprint density at radius 2 is 1.75 bits per heavy atom. The molecule has 3 unspecified atom stereocenters. The Hall–Kier alpha value is -1.79. The average Bonchev–Trinajstić information content (AvgIpc) is 3.50. The lowest BCUT2D eigenvalue weighted by Crippen LogP contribution is -2.49. The van der Waals surface area contributed by atoms with E-state index < -0.39 is 0 Å². The number of carbonyl (C=O) groups is 2. The van der Waals surface area contributed by atoms with Gasteiger partial charge in [0, 0.05) is 30.2 Å². The first-order chi connectivity index (χ1) is 13.0. The Balaban J connectivity index is 0.00000280. The Morgan fingerprint density at radius 1 is 1.14 bits per heavy atom. The van der Waals surface area contributed by atoms with Crippen LogP contribution in [0, 0.1) is 5.92 Å². The van der Waals surface area contributed by atoms with Gasteiger partial charge in [-0.1, -0.05) is 0 Å². The van der Waals surface area contributed by atoms with E-state index >= 15 is 0 Å². The summed E-state index contributed by atoms with van der Waals surface area (Å²) in [4.78, 5) is 26.6. The molecular weight excluding hydrogens is 378 g/mol. The Kier molecular flexibility index (Phi) is 8.13. The Labute approximate surface area is 173 Å². The summed E-state index contributed by atoms with van der Waals surface area (Å²) in [5.74, 6) is 1.03. The quantitative estimate of drug-likeness (QED) is 0.725. The molecule has 6 nitrogen and oxygen atoms in total. The van der Waals surface area contributed by atoms with E-state index in [0.717, 1.165) is 25.7 Å². The lowest BCUT2D eigenvalue weighted by atomic mass is 9.97. The van der Waals surface area contributed by atoms with Crippen LogP contribution in [0.2, 0.25) is 0 Å². The summed E-state index contributed by atoms with van der Waals surface area (Å²) in [6.07, 6.45) is 5.59. The van der Waals surface area contributed by atoms with Gasteiger partial charge in [0.2, 0.25) is 0 Å². The molecule has 1 aromatic rings. The molecule has 2 fully saturated rings. The lowest BCUT2D eigenvalue weighted by molar-refractivity contribution is -0.139. The van der Waals surface area contributed by atoms with Crippen LogP contribution in [0.15, 0.2) is 24.3 Å². The third kappa shape index (κ3) is 5.85. The molecule has 7 heteroatoms. The zero-order valence-electron chi connectivity index (χ0n) is 16.7. The van der Waals surface area contributed by atoms with Gasteiger partial charge in [-0.2, -0.15) is 0 Å². The molecule has 1 aliphatic heterocycles. The van der Waals surface area contributed by atoms with Gasteiger partial charge in [-0.15, -0.1) is 12.4 Å². The van der Waals surface area contributed by atoms with Crippen molar-refractivity contribution < 1.29 is 14.3 Å². The van der Waals surface area contributed by atoms with Crippen molar-refractivity contribution in [2.75, 3.05) is 13.2 Å². The van der Waals surface area contributed by atoms with Crippen LogP contribution in [-0.4, -0.2) is 48.0 Å². The summed E-state index contributed by atoms with van der Waals surface area (Å²) in [6, 6.07) is 7.45. The number of hydrogen-bond donors (Lipinski definition) is 2. The van der Waals surface area contributed by atoms with Crippen molar-refractivity contribution in [3.8, 4) is 5.75 Å². The molecule has 1 aromatic carbocycles. The molecule has 0 bridgehead atoms. The van der Waals surface area contributed by atoms with Crippen LogP contribution in [0.3, 0.4) is 0 Å². The number of amides is 2. The number of nitrogens with one attached hydrogen (secondary N) is 1. The minimum atomic E-state index is -0.135. The minimum Gasteiger partial charge on any atom is -0.484 e. The number of hydrogen-bond acceptors (Lipinski definition) is 4. The zero-order valence-corrected chi connectivity index (χ0v) is 17.5. The molecule has 1 aliphatic carbocycles. The standard InChI is InChI=1S/C21H31N3O3.ClH/c1-14-4-3-5-15(2)24(14)20(25)13-27-18-10-8-17(9-11-18)21(26)23-12-19(22)16-6-7-16;/h8-11,14-16,19H,3-7,12-13,22H2,1-2H3,(H,23,26);1H. The van der Waals surface area contributed by atoms with Gasteiger partial charge in [0.05, 0.1) is 0 Å². The van der Waals surface area contributed by atoms with E-state index in [1.165, 1.54) is 6.42 Å². The van der Waals surface area contributed by atoms with Gasteiger partial charge in [0.25, 0.3) is 11.8 Å². The molecular formula is C21H32ClN3O3. The van der Waals surface area contributed by atoms with E-state index in [4.69, 9.17) is 10.5 Å². The Bertz CT molecular complexity index is 653. The van der Waals surface area contributed by atoms with Gasteiger partial charge < -0.3 is 20.7 Å². The summed E-state index contributed by atoms with van der Waals surface area (Å²) in [7, 11) is 0. The fourth-order valence-corrected chi connectivity index (χ4v) is 3.84. The molecule has 156 valence electrons. The van der Waals surface area contributed by atoms with E-state index in [1.54, 1.807) is 24.3 Å². The monoisotopic (exact) mass is 409 g/mol. The summed E-state index contributed by atoms with van der Waals surface area (Å²) >= 11 is 0. The molecule has 3 rings (SSSR count). The van der Waals surface area contributed by atoms with Crippen LogP contribution in [0.25, 0.3) is 0 Å². The second-order valence-electron chi connectivity index (χ2n) is 7.95. The molecule has 0 radical (unpaired) electrons. The van der Waals surface area contributed by atoms with Gasteiger partial charge in [0.15, 0.2) is 6.61 Å². The van der Waals surface area contributed by atoms with E-state index in [1.807, 2.05) is 4.90 Å². The number of benzene rings is 1. The molecule has 3 atom stereocenters. The number of ether oxygens (including phenoxy) is 1. The van der Waals surface area contributed by atoms with E-state index in [0.29, 0.717) is 23.8 Å². The maximum atomic E-state index is 12.5. The molecule has 2 aliphatic rings. The van der Waals surface area contributed by atoms with Crippen LogP contribution >= 0.6 is 12.4 Å². The third-order valence-corrected chi connectivity index (χ3v) is 5.69. The van der Waals surface area contributed by atoms with Crippen LogP contribution in [0.1, 0.15) is 56.3 Å². The maximum absolute atomic E-state index is 12.5. The third-order valence-electron chi connectivity index (χ3n) is 5.69. The highest BCUT2D eigenvalue weighted by Crippen LogP contribution is 2.31. The van der Waals surface area contributed by atoms with Crippen LogP contribution < -0.4 is 15.8 Å². The number of piperidine rings is 1. The Morgan fingerprint density at radius 3 is 2.32 bits per heavy atom. The second-order valence-corrected chi connectivity index (χ2v) is 7.95. The predicted molar refractivity (Wildman–Crippen MR) is 112 cm³/mol. The summed E-state index contributed by atoms with van der Waals surface area (Å²) in [5, 5.41) is 2.88. The number of carbonyl (C=O) groups excluding carboxylic acids is 2. The number of likely N-dealkylation sites (tertiary alicyclic amines) is 1. The van der Waals surface area contributed by atoms with Gasteiger partial charge in [-0.25, -0.2) is 0 Å². The number of halogens is 1. The van der Waals surface area contributed by atoms with Crippen molar-refractivity contribution in [3.05, 3.63) is 29.8 Å².